The number of halogens is 2. The van der Waals surface area contributed by atoms with Crippen LogP contribution in [-0.4, -0.2) is 42.1 Å². The average Bonchev–Trinajstić information content (AvgIpc) is 3.09. The highest BCUT2D eigenvalue weighted by atomic mass is 35.5. The minimum atomic E-state index is -0.105. The molecular weight excluding hydrogens is 383 g/mol. The highest BCUT2D eigenvalue weighted by molar-refractivity contribution is 6.31. The molecule has 0 spiro atoms. The van der Waals surface area contributed by atoms with Crippen molar-refractivity contribution in [2.75, 3.05) is 26.3 Å². The van der Waals surface area contributed by atoms with Crippen LogP contribution in [0.1, 0.15) is 23.5 Å². The number of rotatable bonds is 4. The molecule has 0 unspecified atom stereocenters. The van der Waals surface area contributed by atoms with Crippen molar-refractivity contribution in [3.8, 4) is 0 Å². The van der Waals surface area contributed by atoms with Crippen LogP contribution in [0.15, 0.2) is 48.7 Å². The first-order valence-electron chi connectivity index (χ1n) is 8.99. The van der Waals surface area contributed by atoms with Crippen molar-refractivity contribution < 1.29 is 9.53 Å². The first-order chi connectivity index (χ1) is 13.1. The van der Waals surface area contributed by atoms with Gasteiger partial charge in [-0.15, -0.1) is 0 Å². The van der Waals surface area contributed by atoms with Gasteiger partial charge in [0.05, 0.1) is 13.2 Å². The standard InChI is InChI=1S/C21H20Cl2N2O2/c22-15-3-1-2-14(10-15)17(12-21(26)25-6-8-27-9-7-25)19-13-24-20-5-4-16(23)11-18(19)20/h1-5,10-11,13,17,24H,6-9,12H2/t17-/m0/s1. The number of carbonyl (C=O) groups excluding carboxylic acids is 1. The van der Waals surface area contributed by atoms with Crippen LogP contribution in [0.5, 0.6) is 0 Å². The number of nitrogens with one attached hydrogen (secondary N) is 1. The third-order valence-corrected chi connectivity index (χ3v) is 5.51. The molecule has 1 atom stereocenters. The maximum atomic E-state index is 13.0. The molecule has 4 nitrogen and oxygen atoms in total. The Balaban J connectivity index is 1.73. The van der Waals surface area contributed by atoms with Gasteiger partial charge in [0, 0.05) is 52.6 Å². The van der Waals surface area contributed by atoms with Crippen LogP contribution in [0.25, 0.3) is 10.9 Å². The summed E-state index contributed by atoms with van der Waals surface area (Å²) in [4.78, 5) is 18.1. The molecule has 1 saturated heterocycles. The molecule has 1 aromatic heterocycles. The van der Waals surface area contributed by atoms with E-state index in [1.165, 1.54) is 0 Å². The molecule has 0 radical (unpaired) electrons. The summed E-state index contributed by atoms with van der Waals surface area (Å²) in [5.41, 5.74) is 3.07. The van der Waals surface area contributed by atoms with Crippen molar-refractivity contribution in [1.29, 1.82) is 0 Å². The highest BCUT2D eigenvalue weighted by Crippen LogP contribution is 2.35. The molecule has 3 aromatic rings. The number of amides is 1. The van der Waals surface area contributed by atoms with E-state index in [1.807, 2.05) is 53.6 Å². The van der Waals surface area contributed by atoms with Gasteiger partial charge in [0.1, 0.15) is 0 Å². The second-order valence-corrected chi connectivity index (χ2v) is 7.61. The zero-order chi connectivity index (χ0) is 18.8. The monoisotopic (exact) mass is 402 g/mol. The van der Waals surface area contributed by atoms with Crippen molar-refractivity contribution >= 4 is 40.0 Å². The Morgan fingerprint density at radius 3 is 2.67 bits per heavy atom. The lowest BCUT2D eigenvalue weighted by molar-refractivity contribution is -0.135. The Bertz CT molecular complexity index is 964. The number of carbonyl (C=O) groups is 1. The zero-order valence-electron chi connectivity index (χ0n) is 14.8. The van der Waals surface area contributed by atoms with E-state index in [1.54, 1.807) is 0 Å². The smallest absolute Gasteiger partial charge is 0.223 e. The predicted octanol–water partition coefficient (Wildman–Crippen LogP) is 4.86. The Morgan fingerprint density at radius 2 is 1.89 bits per heavy atom. The van der Waals surface area contributed by atoms with Crippen molar-refractivity contribution in [3.05, 3.63) is 69.8 Å². The molecule has 2 heterocycles. The van der Waals surface area contributed by atoms with Crippen LogP contribution in [-0.2, 0) is 9.53 Å². The number of morpholine rings is 1. The summed E-state index contributed by atoms with van der Waals surface area (Å²) in [6.45, 7) is 2.47. The van der Waals surface area contributed by atoms with Gasteiger partial charge >= 0.3 is 0 Å². The summed E-state index contributed by atoms with van der Waals surface area (Å²) in [5.74, 6) is 0.0194. The van der Waals surface area contributed by atoms with Crippen LogP contribution >= 0.6 is 23.2 Å². The Kier molecular flexibility index (Phi) is 5.39. The molecule has 1 aliphatic rings. The minimum Gasteiger partial charge on any atom is -0.378 e. The molecule has 4 rings (SSSR count). The fourth-order valence-electron chi connectivity index (χ4n) is 3.65. The third kappa shape index (κ3) is 3.98. The van der Waals surface area contributed by atoms with Crippen LogP contribution < -0.4 is 0 Å². The zero-order valence-corrected chi connectivity index (χ0v) is 16.3. The number of aromatic amines is 1. The molecule has 6 heteroatoms. The van der Waals surface area contributed by atoms with E-state index in [9.17, 15) is 4.79 Å². The fraction of sp³-hybridized carbons (Fsp3) is 0.286. The van der Waals surface area contributed by atoms with Crippen molar-refractivity contribution in [2.24, 2.45) is 0 Å². The summed E-state index contributed by atoms with van der Waals surface area (Å²) in [5, 5.41) is 2.36. The summed E-state index contributed by atoms with van der Waals surface area (Å²) < 4.78 is 5.37. The molecule has 27 heavy (non-hydrogen) atoms. The SMILES string of the molecule is O=C(C[C@@H](c1cccc(Cl)c1)c1c[nH]c2ccc(Cl)cc12)N1CCOCC1. The van der Waals surface area contributed by atoms with E-state index >= 15 is 0 Å². The van der Waals surface area contributed by atoms with Crippen molar-refractivity contribution in [3.63, 3.8) is 0 Å². The van der Waals surface area contributed by atoms with E-state index in [4.69, 9.17) is 27.9 Å². The number of aromatic nitrogens is 1. The van der Waals surface area contributed by atoms with E-state index in [0.717, 1.165) is 22.0 Å². The number of hydrogen-bond acceptors (Lipinski definition) is 2. The molecule has 2 aromatic carbocycles. The molecule has 0 bridgehead atoms. The van der Waals surface area contributed by atoms with E-state index in [-0.39, 0.29) is 11.8 Å². The lowest BCUT2D eigenvalue weighted by Gasteiger charge is -2.28. The summed E-state index contributed by atoms with van der Waals surface area (Å²) in [6.07, 6.45) is 2.35. The molecule has 0 aliphatic carbocycles. The molecule has 1 aliphatic heterocycles. The van der Waals surface area contributed by atoms with Gasteiger partial charge in [0.15, 0.2) is 0 Å². The van der Waals surface area contributed by atoms with Crippen molar-refractivity contribution in [2.45, 2.75) is 12.3 Å². The largest absolute Gasteiger partial charge is 0.378 e. The number of nitrogens with zero attached hydrogens (tertiary/aromatic N) is 1. The number of H-pyrrole nitrogens is 1. The summed E-state index contributed by atoms with van der Waals surface area (Å²) in [6, 6.07) is 13.5. The normalized spacial score (nSPS) is 15.9. The van der Waals surface area contributed by atoms with Gasteiger partial charge in [0.25, 0.3) is 0 Å². The number of hydrogen-bond donors (Lipinski definition) is 1. The maximum Gasteiger partial charge on any atom is 0.223 e. The highest BCUT2D eigenvalue weighted by Gasteiger charge is 2.25. The van der Waals surface area contributed by atoms with Gasteiger partial charge in [-0.05, 0) is 41.5 Å². The van der Waals surface area contributed by atoms with Crippen LogP contribution in [0.2, 0.25) is 10.0 Å². The van der Waals surface area contributed by atoms with Gasteiger partial charge in [0.2, 0.25) is 5.91 Å². The molecule has 140 valence electrons. The summed E-state index contributed by atoms with van der Waals surface area (Å²) in [7, 11) is 0. The Labute approximate surface area is 168 Å². The molecule has 1 amide bonds. The number of ether oxygens (including phenoxy) is 1. The number of benzene rings is 2. The Morgan fingerprint density at radius 1 is 1.11 bits per heavy atom. The lowest BCUT2D eigenvalue weighted by atomic mass is 9.87. The molecule has 1 fully saturated rings. The van der Waals surface area contributed by atoms with Gasteiger partial charge in [-0.3, -0.25) is 4.79 Å². The topological polar surface area (TPSA) is 45.3 Å². The minimum absolute atomic E-state index is 0.105. The first-order valence-corrected chi connectivity index (χ1v) is 9.75. The van der Waals surface area contributed by atoms with Crippen molar-refractivity contribution in [1.82, 2.24) is 9.88 Å². The van der Waals surface area contributed by atoms with Crippen LogP contribution in [0.3, 0.4) is 0 Å². The quantitative estimate of drug-likeness (QED) is 0.677. The van der Waals surface area contributed by atoms with E-state index in [2.05, 4.69) is 4.98 Å². The van der Waals surface area contributed by atoms with Gasteiger partial charge in [-0.2, -0.15) is 0 Å². The van der Waals surface area contributed by atoms with E-state index in [0.29, 0.717) is 42.8 Å². The van der Waals surface area contributed by atoms with Gasteiger partial charge in [-0.25, -0.2) is 0 Å². The molecule has 0 saturated carbocycles. The molecule has 1 N–H and O–H groups in total. The molecular formula is C21H20Cl2N2O2. The number of fused-ring (bicyclic) bond motifs is 1. The van der Waals surface area contributed by atoms with Crippen LogP contribution in [0.4, 0.5) is 0 Å². The predicted molar refractivity (Wildman–Crippen MR) is 109 cm³/mol. The lowest BCUT2D eigenvalue weighted by Crippen LogP contribution is -2.41. The van der Waals surface area contributed by atoms with Crippen LogP contribution in [0, 0.1) is 0 Å². The van der Waals surface area contributed by atoms with E-state index < -0.39 is 0 Å². The summed E-state index contributed by atoms with van der Waals surface area (Å²) >= 11 is 12.5. The van der Waals surface area contributed by atoms with Gasteiger partial charge < -0.3 is 14.6 Å². The van der Waals surface area contributed by atoms with Gasteiger partial charge in [-0.1, -0.05) is 35.3 Å². The third-order valence-electron chi connectivity index (χ3n) is 5.04. The second-order valence-electron chi connectivity index (χ2n) is 6.74. The second kappa shape index (κ2) is 7.93. The average molecular weight is 403 g/mol. The Hall–Kier alpha value is -2.01. The maximum absolute atomic E-state index is 13.0. The fourth-order valence-corrected chi connectivity index (χ4v) is 4.02. The first kappa shape index (κ1) is 18.4.